The summed E-state index contributed by atoms with van der Waals surface area (Å²) in [6.07, 6.45) is 4.30. The summed E-state index contributed by atoms with van der Waals surface area (Å²) >= 11 is 0. The molecule has 0 bridgehead atoms. The number of benzene rings is 3. The van der Waals surface area contributed by atoms with Crippen LogP contribution in [0.3, 0.4) is 0 Å². The summed E-state index contributed by atoms with van der Waals surface area (Å²) in [6.45, 7) is 3.74. The van der Waals surface area contributed by atoms with Crippen molar-refractivity contribution < 1.29 is 17.7 Å². The second kappa shape index (κ2) is 12.4. The number of sulfonamides is 1. The fourth-order valence-electron chi connectivity index (χ4n) is 4.62. The molecule has 0 radical (unpaired) electrons. The molecule has 0 aliphatic heterocycles. The molecule has 10 heteroatoms. The van der Waals surface area contributed by atoms with E-state index in [1.54, 1.807) is 68.5 Å². The van der Waals surface area contributed by atoms with E-state index in [1.807, 2.05) is 48.5 Å². The summed E-state index contributed by atoms with van der Waals surface area (Å²) in [6, 6.07) is 24.0. The lowest BCUT2D eigenvalue weighted by molar-refractivity contribution is -0.130. The van der Waals surface area contributed by atoms with Crippen LogP contribution in [0.15, 0.2) is 101 Å². The van der Waals surface area contributed by atoms with Gasteiger partial charge in [-0.2, -0.15) is 0 Å². The molecule has 0 fully saturated rings. The van der Waals surface area contributed by atoms with Gasteiger partial charge < -0.3 is 9.42 Å². The van der Waals surface area contributed by atoms with Crippen molar-refractivity contribution in [2.24, 2.45) is 0 Å². The van der Waals surface area contributed by atoms with Crippen LogP contribution in [0.4, 0.5) is 5.88 Å². The third-order valence-corrected chi connectivity index (χ3v) is 8.47. The maximum atomic E-state index is 13.6. The van der Waals surface area contributed by atoms with Crippen LogP contribution < -0.4 is 4.72 Å². The lowest BCUT2D eigenvalue weighted by Crippen LogP contribution is -2.26. The minimum Gasteiger partial charge on any atom is -0.341 e. The van der Waals surface area contributed by atoms with E-state index in [1.165, 1.54) is 0 Å². The molecule has 2 heterocycles. The normalized spacial score (nSPS) is 11.3. The van der Waals surface area contributed by atoms with Crippen molar-refractivity contribution >= 4 is 21.8 Å². The van der Waals surface area contributed by atoms with E-state index in [0.717, 1.165) is 16.7 Å². The van der Waals surface area contributed by atoms with Crippen molar-refractivity contribution in [1.29, 1.82) is 0 Å². The Balaban J connectivity index is 1.51. The van der Waals surface area contributed by atoms with Gasteiger partial charge >= 0.3 is 0 Å². The first-order chi connectivity index (χ1) is 20.2. The van der Waals surface area contributed by atoms with Crippen LogP contribution in [0, 0.1) is 13.8 Å². The highest BCUT2D eigenvalue weighted by Gasteiger charge is 2.24. The van der Waals surface area contributed by atoms with Crippen LogP contribution in [0.2, 0.25) is 0 Å². The summed E-state index contributed by atoms with van der Waals surface area (Å²) < 4.78 is 35.0. The molecule has 1 N–H and O–H groups in total. The van der Waals surface area contributed by atoms with Gasteiger partial charge in [0.1, 0.15) is 0 Å². The first-order valence-corrected chi connectivity index (χ1v) is 14.9. The first kappa shape index (κ1) is 28.7. The highest BCUT2D eigenvalue weighted by molar-refractivity contribution is 7.92. The van der Waals surface area contributed by atoms with Crippen LogP contribution in [0.1, 0.15) is 28.8 Å². The number of anilines is 1. The SMILES string of the molecule is Cc1noc(NS(=O)(=O)c2ccccc2-c2ccc(-c3ncccn3)cc2CN(C)C(=O)CCc2ccccc2)c1C. The lowest BCUT2D eigenvalue weighted by atomic mass is 9.96. The molecule has 0 atom stereocenters. The van der Waals surface area contributed by atoms with Crippen LogP contribution in [-0.4, -0.2) is 41.4 Å². The van der Waals surface area contributed by atoms with E-state index in [-0.39, 0.29) is 23.2 Å². The average molecular weight is 582 g/mol. The number of nitrogens with one attached hydrogen (secondary N) is 1. The topological polar surface area (TPSA) is 118 Å². The number of aryl methyl sites for hydroxylation is 2. The van der Waals surface area contributed by atoms with Crippen LogP contribution >= 0.6 is 0 Å². The number of hydrogen-bond acceptors (Lipinski definition) is 7. The lowest BCUT2D eigenvalue weighted by Gasteiger charge is -2.21. The van der Waals surface area contributed by atoms with Crippen molar-refractivity contribution in [3.63, 3.8) is 0 Å². The van der Waals surface area contributed by atoms with Crippen molar-refractivity contribution in [3.8, 4) is 22.5 Å². The number of nitrogens with zero attached hydrogens (tertiary/aromatic N) is 4. The second-order valence-corrected chi connectivity index (χ2v) is 11.7. The summed E-state index contributed by atoms with van der Waals surface area (Å²) in [4.78, 5) is 23.6. The molecule has 0 unspecified atom stereocenters. The molecule has 42 heavy (non-hydrogen) atoms. The zero-order chi connectivity index (χ0) is 29.7. The Labute approximate surface area is 245 Å². The molecule has 0 aliphatic carbocycles. The highest BCUT2D eigenvalue weighted by atomic mass is 32.2. The van der Waals surface area contributed by atoms with Gasteiger partial charge in [-0.25, -0.2) is 23.1 Å². The van der Waals surface area contributed by atoms with Gasteiger partial charge in [-0.1, -0.05) is 65.8 Å². The Morgan fingerprint density at radius 3 is 2.33 bits per heavy atom. The van der Waals surface area contributed by atoms with Crippen LogP contribution in [0.25, 0.3) is 22.5 Å². The minimum atomic E-state index is -4.05. The monoisotopic (exact) mass is 581 g/mol. The predicted octanol–water partition coefficient (Wildman–Crippen LogP) is 5.81. The third-order valence-electron chi connectivity index (χ3n) is 7.08. The van der Waals surface area contributed by atoms with E-state index in [9.17, 15) is 13.2 Å². The van der Waals surface area contributed by atoms with Crippen molar-refractivity contribution in [1.82, 2.24) is 20.0 Å². The molecule has 214 valence electrons. The Hall–Kier alpha value is -4.83. The number of carbonyl (C=O) groups excluding carboxylic acids is 1. The van der Waals surface area contributed by atoms with Gasteiger partial charge in [0.05, 0.1) is 10.6 Å². The zero-order valence-electron chi connectivity index (χ0n) is 23.6. The van der Waals surface area contributed by atoms with Gasteiger partial charge in [0.2, 0.25) is 11.8 Å². The second-order valence-electron chi connectivity index (χ2n) is 10.0. The van der Waals surface area contributed by atoms with Gasteiger partial charge in [0.25, 0.3) is 10.0 Å². The summed E-state index contributed by atoms with van der Waals surface area (Å²) in [7, 11) is -2.30. The van der Waals surface area contributed by atoms with E-state index < -0.39 is 10.0 Å². The molecule has 3 aromatic carbocycles. The van der Waals surface area contributed by atoms with Crippen molar-refractivity contribution in [3.05, 3.63) is 114 Å². The Kier molecular flexibility index (Phi) is 8.44. The maximum Gasteiger partial charge on any atom is 0.264 e. The largest absolute Gasteiger partial charge is 0.341 e. The number of rotatable bonds is 10. The molecule has 1 amide bonds. The highest BCUT2D eigenvalue weighted by Crippen LogP contribution is 2.34. The molecule has 5 aromatic rings. The van der Waals surface area contributed by atoms with E-state index in [2.05, 4.69) is 19.8 Å². The Morgan fingerprint density at radius 2 is 1.62 bits per heavy atom. The molecule has 0 saturated carbocycles. The molecular weight excluding hydrogens is 550 g/mol. The number of hydrogen-bond donors (Lipinski definition) is 1. The Bertz CT molecular complexity index is 1810. The molecule has 9 nitrogen and oxygen atoms in total. The quantitative estimate of drug-likeness (QED) is 0.221. The minimum absolute atomic E-state index is 0.0232. The maximum absolute atomic E-state index is 13.6. The van der Waals surface area contributed by atoms with Gasteiger partial charge in [-0.3, -0.25) is 4.79 Å². The average Bonchev–Trinajstić information content (AvgIpc) is 3.32. The van der Waals surface area contributed by atoms with E-state index in [4.69, 9.17) is 4.52 Å². The molecule has 0 saturated heterocycles. The molecule has 0 aliphatic rings. The fourth-order valence-corrected chi connectivity index (χ4v) is 5.89. The Morgan fingerprint density at radius 1 is 0.905 bits per heavy atom. The van der Waals surface area contributed by atoms with Crippen LogP contribution in [-0.2, 0) is 27.8 Å². The van der Waals surface area contributed by atoms with E-state index >= 15 is 0 Å². The number of carbonyl (C=O) groups is 1. The van der Waals surface area contributed by atoms with Gasteiger partial charge in [-0.05, 0) is 55.2 Å². The molecule has 2 aromatic heterocycles. The van der Waals surface area contributed by atoms with Crippen molar-refractivity contribution in [2.45, 2.75) is 38.1 Å². The van der Waals surface area contributed by atoms with Gasteiger partial charge in [0.15, 0.2) is 5.82 Å². The summed E-state index contributed by atoms with van der Waals surface area (Å²) in [5.74, 6) is 0.579. The standard InChI is InChI=1S/C32H31N5O4S/c1-22-23(2)35-41-32(22)36-42(39,40)29-13-8-7-12-28(29)27-16-15-25(31-33-18-9-19-34-31)20-26(27)21-37(3)30(38)17-14-24-10-5-4-6-11-24/h4-13,15-16,18-20,36H,14,17,21H2,1-3H3. The zero-order valence-corrected chi connectivity index (χ0v) is 24.4. The van der Waals surface area contributed by atoms with Gasteiger partial charge in [0, 0.05) is 49.1 Å². The van der Waals surface area contributed by atoms with E-state index in [0.29, 0.717) is 41.1 Å². The number of amides is 1. The first-order valence-electron chi connectivity index (χ1n) is 13.5. The van der Waals surface area contributed by atoms with Crippen LogP contribution in [0.5, 0.6) is 0 Å². The molecular formula is C32H31N5O4S. The fraction of sp³-hybridized carbons (Fsp3) is 0.188. The smallest absolute Gasteiger partial charge is 0.264 e. The third kappa shape index (κ3) is 6.39. The van der Waals surface area contributed by atoms with Gasteiger partial charge in [-0.15, -0.1) is 0 Å². The predicted molar refractivity (Wildman–Crippen MR) is 161 cm³/mol. The number of aromatic nitrogens is 3. The van der Waals surface area contributed by atoms with Crippen molar-refractivity contribution in [2.75, 3.05) is 11.8 Å². The summed E-state index contributed by atoms with van der Waals surface area (Å²) in [5, 5.41) is 3.86. The molecule has 0 spiro atoms. The molecule has 5 rings (SSSR count). The summed E-state index contributed by atoms with van der Waals surface area (Å²) in [5.41, 5.74) is 4.97.